The van der Waals surface area contributed by atoms with Gasteiger partial charge < -0.3 is 24.3 Å². The summed E-state index contributed by atoms with van der Waals surface area (Å²) in [6.07, 6.45) is 4.55. The molecular weight excluding hydrogens is 384 g/mol. The lowest BCUT2D eigenvalue weighted by Gasteiger charge is -2.11. The van der Waals surface area contributed by atoms with Crippen LogP contribution in [0.1, 0.15) is 12.5 Å². The fourth-order valence-electron chi connectivity index (χ4n) is 2.25. The fourth-order valence-corrected chi connectivity index (χ4v) is 2.52. The molecule has 0 aliphatic rings. The molecule has 1 amide bonds. The zero-order valence-corrected chi connectivity index (χ0v) is 16.8. The Morgan fingerprint density at radius 1 is 1.21 bits per heavy atom. The summed E-state index contributed by atoms with van der Waals surface area (Å²) in [5.41, 5.74) is 1.26. The van der Waals surface area contributed by atoms with Gasteiger partial charge in [0.2, 0.25) is 11.8 Å². The quantitative estimate of drug-likeness (QED) is 0.477. The highest BCUT2D eigenvalue weighted by Gasteiger charge is 2.10. The topological polar surface area (TPSA) is 78.9 Å². The highest BCUT2D eigenvalue weighted by atomic mass is 35.5. The Balaban J connectivity index is 1.99. The average molecular weight is 407 g/mol. The Morgan fingerprint density at radius 3 is 2.68 bits per heavy atom. The van der Waals surface area contributed by atoms with Gasteiger partial charge in [-0.2, -0.15) is 0 Å². The van der Waals surface area contributed by atoms with Gasteiger partial charge in [0.25, 0.3) is 0 Å². The molecule has 0 fully saturated rings. The number of nitrogens with one attached hydrogen (secondary N) is 1. The van der Waals surface area contributed by atoms with Crippen LogP contribution in [-0.2, 0) is 9.53 Å². The van der Waals surface area contributed by atoms with E-state index in [9.17, 15) is 4.79 Å². The first-order chi connectivity index (χ1) is 13.6. The van der Waals surface area contributed by atoms with Gasteiger partial charge >= 0.3 is 0 Å². The van der Waals surface area contributed by atoms with Crippen LogP contribution in [0.2, 0.25) is 5.02 Å². The maximum Gasteiger partial charge on any atom is 0.248 e. The number of methoxy groups -OCH3 is 2. The van der Waals surface area contributed by atoms with E-state index in [1.807, 2.05) is 6.92 Å². The molecule has 150 valence electrons. The van der Waals surface area contributed by atoms with E-state index in [0.717, 1.165) is 0 Å². The molecule has 0 bridgehead atoms. The van der Waals surface area contributed by atoms with Crippen molar-refractivity contribution in [1.29, 1.82) is 0 Å². The number of aromatic nitrogens is 1. The molecule has 7 nitrogen and oxygen atoms in total. The summed E-state index contributed by atoms with van der Waals surface area (Å²) in [4.78, 5) is 16.2. The molecule has 0 aliphatic carbocycles. The van der Waals surface area contributed by atoms with Crippen molar-refractivity contribution in [3.63, 3.8) is 0 Å². The lowest BCUT2D eigenvalue weighted by molar-refractivity contribution is -0.111. The van der Waals surface area contributed by atoms with Crippen molar-refractivity contribution in [3.8, 4) is 17.4 Å². The van der Waals surface area contributed by atoms with Crippen molar-refractivity contribution in [2.75, 3.05) is 39.4 Å². The molecule has 1 heterocycles. The van der Waals surface area contributed by atoms with E-state index in [4.69, 9.17) is 30.5 Å². The van der Waals surface area contributed by atoms with Gasteiger partial charge in [0.15, 0.2) is 11.5 Å². The van der Waals surface area contributed by atoms with Crippen molar-refractivity contribution >= 4 is 29.3 Å². The van der Waals surface area contributed by atoms with Crippen LogP contribution in [0.3, 0.4) is 0 Å². The number of ether oxygens (including phenoxy) is 4. The van der Waals surface area contributed by atoms with E-state index in [1.54, 1.807) is 37.5 Å². The lowest BCUT2D eigenvalue weighted by Crippen LogP contribution is -2.09. The normalized spacial score (nSPS) is 10.7. The second-order valence-electron chi connectivity index (χ2n) is 5.52. The minimum Gasteiger partial charge on any atom is -0.493 e. The Labute approximate surface area is 169 Å². The number of carbonyl (C=O) groups is 1. The maximum atomic E-state index is 12.1. The summed E-state index contributed by atoms with van der Waals surface area (Å²) in [5, 5.41) is 3.14. The van der Waals surface area contributed by atoms with Gasteiger partial charge in [0.1, 0.15) is 6.61 Å². The maximum absolute atomic E-state index is 12.1. The molecule has 1 aromatic carbocycles. The van der Waals surface area contributed by atoms with Crippen LogP contribution >= 0.6 is 11.6 Å². The lowest BCUT2D eigenvalue weighted by atomic mass is 10.2. The molecule has 0 atom stereocenters. The first-order valence-electron chi connectivity index (χ1n) is 8.64. The molecule has 0 saturated carbocycles. The number of anilines is 1. The first-order valence-corrected chi connectivity index (χ1v) is 9.02. The molecule has 1 aromatic heterocycles. The summed E-state index contributed by atoms with van der Waals surface area (Å²) in [5.74, 6) is 1.13. The van der Waals surface area contributed by atoms with Gasteiger partial charge in [-0.05, 0) is 36.8 Å². The smallest absolute Gasteiger partial charge is 0.248 e. The van der Waals surface area contributed by atoms with E-state index in [0.29, 0.717) is 53.5 Å². The van der Waals surface area contributed by atoms with Gasteiger partial charge in [-0.25, -0.2) is 4.98 Å². The van der Waals surface area contributed by atoms with Crippen LogP contribution in [0.15, 0.2) is 36.5 Å². The minimum atomic E-state index is -0.307. The fraction of sp³-hybridized carbons (Fsp3) is 0.300. The summed E-state index contributed by atoms with van der Waals surface area (Å²) in [7, 11) is 3.13. The first kappa shape index (κ1) is 21.5. The number of pyridine rings is 1. The second kappa shape index (κ2) is 11.2. The molecule has 0 saturated heterocycles. The number of rotatable bonds is 10. The molecule has 2 rings (SSSR count). The van der Waals surface area contributed by atoms with Gasteiger partial charge in [-0.15, -0.1) is 0 Å². The standard InChI is InChI=1S/C20H23ClN2O5/c1-4-27-20-16(21)11-14(12-17(20)26-3)5-7-18(24)23-15-6-8-19(22-13-15)28-10-9-25-2/h5-8,11-13H,4,9-10H2,1-3H3,(H,23,24)/b7-5+. The van der Waals surface area contributed by atoms with E-state index >= 15 is 0 Å². The highest BCUT2D eigenvalue weighted by molar-refractivity contribution is 6.32. The van der Waals surface area contributed by atoms with E-state index in [-0.39, 0.29) is 5.91 Å². The van der Waals surface area contributed by atoms with Crippen molar-refractivity contribution < 1.29 is 23.7 Å². The molecule has 0 spiro atoms. The summed E-state index contributed by atoms with van der Waals surface area (Å²) < 4.78 is 21.0. The Morgan fingerprint density at radius 2 is 2.04 bits per heavy atom. The molecular formula is C20H23ClN2O5. The highest BCUT2D eigenvalue weighted by Crippen LogP contribution is 2.36. The van der Waals surface area contributed by atoms with Gasteiger partial charge in [0, 0.05) is 19.3 Å². The molecule has 28 heavy (non-hydrogen) atoms. The van der Waals surface area contributed by atoms with Crippen LogP contribution in [0.25, 0.3) is 6.08 Å². The molecule has 0 unspecified atom stereocenters. The zero-order chi connectivity index (χ0) is 20.4. The number of nitrogens with zero attached hydrogens (tertiary/aromatic N) is 1. The monoisotopic (exact) mass is 406 g/mol. The molecule has 0 radical (unpaired) electrons. The van der Waals surface area contributed by atoms with Gasteiger partial charge in [0.05, 0.1) is 37.2 Å². The van der Waals surface area contributed by atoms with E-state index in [2.05, 4.69) is 10.3 Å². The minimum absolute atomic E-state index is 0.307. The van der Waals surface area contributed by atoms with Crippen LogP contribution in [-0.4, -0.2) is 44.9 Å². The average Bonchev–Trinajstić information content (AvgIpc) is 2.69. The van der Waals surface area contributed by atoms with Crippen molar-refractivity contribution in [2.24, 2.45) is 0 Å². The van der Waals surface area contributed by atoms with Crippen molar-refractivity contribution in [2.45, 2.75) is 6.92 Å². The number of benzene rings is 1. The molecule has 8 heteroatoms. The van der Waals surface area contributed by atoms with E-state index in [1.165, 1.54) is 19.4 Å². The second-order valence-corrected chi connectivity index (χ2v) is 5.92. The molecule has 2 aromatic rings. The Kier molecular flexibility index (Phi) is 8.58. The summed E-state index contributed by atoms with van der Waals surface area (Å²) >= 11 is 6.23. The number of hydrogen-bond acceptors (Lipinski definition) is 6. The van der Waals surface area contributed by atoms with Crippen LogP contribution in [0, 0.1) is 0 Å². The van der Waals surface area contributed by atoms with Gasteiger partial charge in [-0.3, -0.25) is 4.79 Å². The Hall–Kier alpha value is -2.77. The predicted molar refractivity (Wildman–Crippen MR) is 108 cm³/mol. The van der Waals surface area contributed by atoms with Crippen LogP contribution in [0.5, 0.6) is 17.4 Å². The molecule has 1 N–H and O–H groups in total. The largest absolute Gasteiger partial charge is 0.493 e. The van der Waals surface area contributed by atoms with Crippen LogP contribution < -0.4 is 19.5 Å². The number of halogens is 1. The third-order valence-corrected chi connectivity index (χ3v) is 3.79. The number of amides is 1. The van der Waals surface area contributed by atoms with Crippen molar-refractivity contribution in [3.05, 3.63) is 47.1 Å². The number of carbonyl (C=O) groups excluding carboxylic acids is 1. The predicted octanol–water partition coefficient (Wildman–Crippen LogP) is 3.82. The van der Waals surface area contributed by atoms with Crippen molar-refractivity contribution in [1.82, 2.24) is 4.98 Å². The van der Waals surface area contributed by atoms with E-state index < -0.39 is 0 Å². The number of hydrogen-bond donors (Lipinski definition) is 1. The summed E-state index contributed by atoms with van der Waals surface area (Å²) in [6, 6.07) is 6.82. The molecule has 0 aliphatic heterocycles. The third kappa shape index (κ3) is 6.44. The SMILES string of the molecule is CCOc1c(Cl)cc(/C=C/C(=O)Nc2ccc(OCCOC)nc2)cc1OC. The zero-order valence-electron chi connectivity index (χ0n) is 16.0. The van der Waals surface area contributed by atoms with Gasteiger partial charge in [-0.1, -0.05) is 11.6 Å². The van der Waals surface area contributed by atoms with Crippen LogP contribution in [0.4, 0.5) is 5.69 Å². The summed E-state index contributed by atoms with van der Waals surface area (Å²) in [6.45, 7) is 3.22. The Bertz CT molecular complexity index is 809. The third-order valence-electron chi connectivity index (χ3n) is 3.51.